The van der Waals surface area contributed by atoms with Crippen molar-refractivity contribution in [2.75, 3.05) is 26.2 Å². The van der Waals surface area contributed by atoms with Crippen molar-refractivity contribution in [2.45, 2.75) is 53.1 Å². The summed E-state index contributed by atoms with van der Waals surface area (Å²) in [6.07, 6.45) is 3.25. The minimum atomic E-state index is -0.502. The molecule has 1 fully saturated rings. The molecule has 0 bridgehead atoms. The third-order valence-corrected chi connectivity index (χ3v) is 3.74. The molecule has 0 aliphatic carbocycles. The molecule has 1 aliphatic rings. The van der Waals surface area contributed by atoms with Gasteiger partial charge in [-0.1, -0.05) is 0 Å². The van der Waals surface area contributed by atoms with Gasteiger partial charge >= 0.3 is 12.1 Å². The summed E-state index contributed by atoms with van der Waals surface area (Å²) in [7, 11) is 0. The van der Waals surface area contributed by atoms with E-state index in [0.717, 1.165) is 12.8 Å². The Morgan fingerprint density at radius 2 is 2.08 bits per heavy atom. The number of hydrogen-bond donors (Lipinski definition) is 0. The van der Waals surface area contributed by atoms with E-state index in [1.54, 1.807) is 30.0 Å². The summed E-state index contributed by atoms with van der Waals surface area (Å²) in [5.74, 6) is -0.131. The molecule has 1 aliphatic heterocycles. The van der Waals surface area contributed by atoms with Crippen LogP contribution in [0.4, 0.5) is 4.79 Å². The summed E-state index contributed by atoms with van der Waals surface area (Å²) in [5, 5.41) is 5.59. The predicted molar refractivity (Wildman–Crippen MR) is 97.2 cm³/mol. The van der Waals surface area contributed by atoms with E-state index in [1.165, 1.54) is 0 Å². The third kappa shape index (κ3) is 7.58. The standard InChI is InChI=1S/C18H31N3O4/c1-7-24-16(22)14(2)11-21(19-6)13-15-9-8-10-20(12-15)17(23)25-18(3,4)5/h11,15H,6-10,12-13H2,1-5H3/b14-11+. The molecule has 142 valence electrons. The normalized spacial score (nSPS) is 18.5. The summed E-state index contributed by atoms with van der Waals surface area (Å²) >= 11 is 0. The van der Waals surface area contributed by atoms with Gasteiger partial charge < -0.3 is 14.4 Å². The molecule has 0 spiro atoms. The van der Waals surface area contributed by atoms with E-state index < -0.39 is 5.60 Å². The van der Waals surface area contributed by atoms with Gasteiger partial charge in [0.1, 0.15) is 5.60 Å². The van der Waals surface area contributed by atoms with Crippen LogP contribution in [-0.4, -0.2) is 60.5 Å². The van der Waals surface area contributed by atoms with Gasteiger partial charge in [-0.15, -0.1) is 0 Å². The largest absolute Gasteiger partial charge is 0.463 e. The van der Waals surface area contributed by atoms with Crippen molar-refractivity contribution < 1.29 is 19.1 Å². The Morgan fingerprint density at radius 3 is 2.64 bits per heavy atom. The van der Waals surface area contributed by atoms with Crippen LogP contribution in [0, 0.1) is 5.92 Å². The fraction of sp³-hybridized carbons (Fsp3) is 0.722. The Bertz CT molecular complexity index is 511. The smallest absolute Gasteiger partial charge is 0.410 e. The van der Waals surface area contributed by atoms with Crippen molar-refractivity contribution in [3.63, 3.8) is 0 Å². The Kier molecular flexibility index (Phi) is 7.93. The first-order valence-corrected chi connectivity index (χ1v) is 8.73. The number of piperidine rings is 1. The maximum atomic E-state index is 12.2. The van der Waals surface area contributed by atoms with Gasteiger partial charge in [-0.3, -0.25) is 5.01 Å². The molecule has 7 nitrogen and oxygen atoms in total. The highest BCUT2D eigenvalue weighted by Crippen LogP contribution is 2.20. The molecule has 0 radical (unpaired) electrons. The van der Waals surface area contributed by atoms with Crippen LogP contribution < -0.4 is 0 Å². The van der Waals surface area contributed by atoms with Crippen LogP contribution in [0.3, 0.4) is 0 Å². The van der Waals surface area contributed by atoms with Gasteiger partial charge in [0.2, 0.25) is 0 Å². The number of esters is 1. The van der Waals surface area contributed by atoms with Crippen LogP contribution in [0.1, 0.15) is 47.5 Å². The van der Waals surface area contributed by atoms with Gasteiger partial charge in [0.05, 0.1) is 12.2 Å². The molecule has 1 amide bonds. The van der Waals surface area contributed by atoms with Crippen LogP contribution in [0.25, 0.3) is 0 Å². The van der Waals surface area contributed by atoms with Gasteiger partial charge in [-0.05, 0) is 53.4 Å². The van der Waals surface area contributed by atoms with Crippen molar-refractivity contribution in [1.82, 2.24) is 9.91 Å². The molecule has 0 aromatic rings. The first-order valence-electron chi connectivity index (χ1n) is 8.73. The highest BCUT2D eigenvalue weighted by atomic mass is 16.6. The van der Waals surface area contributed by atoms with Gasteiger partial charge in [-0.2, -0.15) is 5.10 Å². The number of carbonyl (C=O) groups is 2. The van der Waals surface area contributed by atoms with E-state index in [2.05, 4.69) is 11.8 Å². The summed E-state index contributed by atoms with van der Waals surface area (Å²) in [5.41, 5.74) is -0.0350. The maximum absolute atomic E-state index is 12.2. The predicted octanol–water partition coefficient (Wildman–Crippen LogP) is 3.02. The number of hydrogen-bond acceptors (Lipinski definition) is 6. The number of likely N-dealkylation sites (tertiary alicyclic amines) is 1. The van der Waals surface area contributed by atoms with Crippen molar-refractivity contribution in [1.29, 1.82) is 0 Å². The maximum Gasteiger partial charge on any atom is 0.410 e. The molecule has 1 atom stereocenters. The minimum absolute atomic E-state index is 0.234. The highest BCUT2D eigenvalue weighted by molar-refractivity contribution is 5.87. The second-order valence-electron chi connectivity index (χ2n) is 7.23. The van der Waals surface area contributed by atoms with Crippen molar-refractivity contribution >= 4 is 18.8 Å². The highest BCUT2D eigenvalue weighted by Gasteiger charge is 2.28. The van der Waals surface area contributed by atoms with E-state index in [1.807, 2.05) is 20.8 Å². The van der Waals surface area contributed by atoms with E-state index in [-0.39, 0.29) is 18.0 Å². The van der Waals surface area contributed by atoms with Gasteiger partial charge in [-0.25, -0.2) is 9.59 Å². The second kappa shape index (κ2) is 9.44. The van der Waals surface area contributed by atoms with Gasteiger partial charge in [0, 0.05) is 32.6 Å². The van der Waals surface area contributed by atoms with Crippen molar-refractivity contribution in [3.8, 4) is 0 Å². The lowest BCUT2D eigenvalue weighted by atomic mass is 9.98. The Labute approximate surface area is 150 Å². The van der Waals surface area contributed by atoms with Crippen molar-refractivity contribution in [3.05, 3.63) is 11.8 Å². The summed E-state index contributed by atoms with van der Waals surface area (Å²) in [6, 6.07) is 0. The summed E-state index contributed by atoms with van der Waals surface area (Å²) in [6.45, 7) is 14.8. The fourth-order valence-electron chi connectivity index (χ4n) is 2.64. The van der Waals surface area contributed by atoms with Crippen LogP contribution in [0.5, 0.6) is 0 Å². The Hall–Kier alpha value is -2.05. The molecule has 1 heterocycles. The molecule has 1 unspecified atom stereocenters. The molecule has 1 rings (SSSR count). The zero-order chi connectivity index (χ0) is 19.0. The van der Waals surface area contributed by atoms with E-state index in [9.17, 15) is 9.59 Å². The minimum Gasteiger partial charge on any atom is -0.463 e. The second-order valence-corrected chi connectivity index (χ2v) is 7.23. The number of hydrazone groups is 1. The molecule has 25 heavy (non-hydrogen) atoms. The molecule has 0 aromatic carbocycles. The zero-order valence-electron chi connectivity index (χ0n) is 16.1. The topological polar surface area (TPSA) is 71.4 Å². The number of amides is 1. The SMILES string of the molecule is C=NN(/C=C(\C)C(=O)OCC)CC1CCCN(C(=O)OC(C)(C)C)C1. The van der Waals surface area contributed by atoms with Crippen molar-refractivity contribution in [2.24, 2.45) is 11.0 Å². The van der Waals surface area contributed by atoms with Crippen LogP contribution >= 0.6 is 0 Å². The zero-order valence-corrected chi connectivity index (χ0v) is 16.1. The fourth-order valence-corrected chi connectivity index (χ4v) is 2.64. The van der Waals surface area contributed by atoms with Crippen LogP contribution in [0.15, 0.2) is 16.9 Å². The van der Waals surface area contributed by atoms with E-state index >= 15 is 0 Å². The lowest BCUT2D eigenvalue weighted by Gasteiger charge is -2.35. The lowest BCUT2D eigenvalue weighted by molar-refractivity contribution is -0.138. The molecular weight excluding hydrogens is 322 g/mol. The van der Waals surface area contributed by atoms with E-state index in [0.29, 0.717) is 31.8 Å². The van der Waals surface area contributed by atoms with Gasteiger partial charge in [0.15, 0.2) is 0 Å². The average Bonchev–Trinajstić information content (AvgIpc) is 2.53. The first-order chi connectivity index (χ1) is 11.7. The monoisotopic (exact) mass is 353 g/mol. The number of nitrogens with zero attached hydrogens (tertiary/aromatic N) is 3. The third-order valence-electron chi connectivity index (χ3n) is 3.74. The molecular formula is C18H31N3O4. The average molecular weight is 353 g/mol. The quantitative estimate of drug-likeness (QED) is 0.318. The lowest BCUT2D eigenvalue weighted by Crippen LogP contribution is -2.44. The number of rotatable bonds is 6. The first kappa shape index (κ1) is 21.0. The van der Waals surface area contributed by atoms with Crippen LogP contribution in [-0.2, 0) is 14.3 Å². The number of ether oxygens (including phenoxy) is 2. The Morgan fingerprint density at radius 1 is 1.40 bits per heavy atom. The molecule has 7 heteroatoms. The summed E-state index contributed by atoms with van der Waals surface area (Å²) in [4.78, 5) is 25.7. The molecule has 0 N–H and O–H groups in total. The van der Waals surface area contributed by atoms with Gasteiger partial charge in [0.25, 0.3) is 0 Å². The van der Waals surface area contributed by atoms with E-state index in [4.69, 9.17) is 9.47 Å². The molecule has 1 saturated heterocycles. The molecule has 0 aromatic heterocycles. The Balaban J connectivity index is 2.64. The van der Waals surface area contributed by atoms with Crippen LogP contribution in [0.2, 0.25) is 0 Å². The number of carbonyl (C=O) groups excluding carboxylic acids is 2. The molecule has 0 saturated carbocycles. The summed E-state index contributed by atoms with van der Waals surface area (Å²) < 4.78 is 10.4.